The lowest BCUT2D eigenvalue weighted by Gasteiger charge is -2.06. The third-order valence-electron chi connectivity index (χ3n) is 1.85. The summed E-state index contributed by atoms with van der Waals surface area (Å²) in [4.78, 5) is 11.7. The second kappa shape index (κ2) is 5.29. The van der Waals surface area contributed by atoms with Crippen LogP contribution >= 0.6 is 27.5 Å². The Morgan fingerprint density at radius 2 is 2.12 bits per heavy atom. The van der Waals surface area contributed by atoms with Crippen LogP contribution < -0.4 is 10.1 Å². The largest absolute Gasteiger partial charge is 0.467 e. The molecule has 1 aromatic carbocycles. The number of rotatable bonds is 3. The summed E-state index contributed by atoms with van der Waals surface area (Å²) in [6.45, 7) is 0. The molecule has 0 unspecified atom stereocenters. The first-order valence-electron chi connectivity index (χ1n) is 4.65. The third kappa shape index (κ3) is 3.28. The number of ether oxygens (including phenoxy) is 1. The Kier molecular flexibility index (Phi) is 3.75. The Bertz CT molecular complexity index is 537. The van der Waals surface area contributed by atoms with Crippen LogP contribution in [0.1, 0.15) is 0 Å². The fourth-order valence-electron chi connectivity index (χ4n) is 1.17. The maximum atomic E-state index is 5.73. The van der Waals surface area contributed by atoms with Gasteiger partial charge in [0.1, 0.15) is 0 Å². The minimum Gasteiger partial charge on any atom is -0.467 e. The van der Waals surface area contributed by atoms with Crippen LogP contribution in [0.4, 0.5) is 11.6 Å². The molecule has 0 spiro atoms. The Morgan fingerprint density at radius 3 is 2.82 bits per heavy atom. The first-order chi connectivity index (χ1) is 8.17. The second-order valence-electron chi connectivity index (χ2n) is 3.05. The van der Waals surface area contributed by atoms with Gasteiger partial charge in [-0.3, -0.25) is 0 Å². The van der Waals surface area contributed by atoms with E-state index in [1.807, 2.05) is 24.3 Å². The van der Waals surface area contributed by atoms with Crippen molar-refractivity contribution in [2.24, 2.45) is 0 Å². The molecule has 7 heteroatoms. The fourth-order valence-corrected chi connectivity index (χ4v) is 1.73. The van der Waals surface area contributed by atoms with Crippen LogP contribution in [0.3, 0.4) is 0 Å². The average molecular weight is 316 g/mol. The monoisotopic (exact) mass is 314 g/mol. The minimum absolute atomic E-state index is 0.0781. The Labute approximate surface area is 111 Å². The highest BCUT2D eigenvalue weighted by molar-refractivity contribution is 9.10. The first kappa shape index (κ1) is 12.1. The van der Waals surface area contributed by atoms with Gasteiger partial charge in [-0.15, -0.1) is 0 Å². The van der Waals surface area contributed by atoms with Crippen LogP contribution in [0, 0.1) is 0 Å². The highest BCUT2D eigenvalue weighted by Gasteiger charge is 2.05. The van der Waals surface area contributed by atoms with E-state index in [1.165, 1.54) is 7.11 Å². The summed E-state index contributed by atoms with van der Waals surface area (Å²) in [5.41, 5.74) is 0.837. The molecule has 0 aliphatic heterocycles. The molecule has 1 N–H and O–H groups in total. The Hall–Kier alpha value is -1.40. The molecule has 0 radical (unpaired) electrons. The second-order valence-corrected chi connectivity index (χ2v) is 4.30. The smallest absolute Gasteiger partial charge is 0.322 e. The summed E-state index contributed by atoms with van der Waals surface area (Å²) in [5.74, 6) is 0.333. The zero-order valence-corrected chi connectivity index (χ0v) is 11.2. The van der Waals surface area contributed by atoms with Crippen LogP contribution in [0.2, 0.25) is 5.28 Å². The maximum absolute atomic E-state index is 5.73. The molecule has 5 nitrogen and oxygen atoms in total. The van der Waals surface area contributed by atoms with Crippen LogP contribution in [0.5, 0.6) is 6.01 Å². The number of aromatic nitrogens is 3. The third-order valence-corrected chi connectivity index (χ3v) is 2.51. The van der Waals surface area contributed by atoms with Gasteiger partial charge < -0.3 is 10.1 Å². The van der Waals surface area contributed by atoms with E-state index >= 15 is 0 Å². The van der Waals surface area contributed by atoms with Crippen LogP contribution in [0.15, 0.2) is 28.7 Å². The normalized spacial score (nSPS) is 10.1. The van der Waals surface area contributed by atoms with E-state index in [0.29, 0.717) is 5.95 Å². The van der Waals surface area contributed by atoms with Crippen molar-refractivity contribution in [2.75, 3.05) is 12.4 Å². The van der Waals surface area contributed by atoms with Gasteiger partial charge in [0.2, 0.25) is 11.2 Å². The Morgan fingerprint density at radius 1 is 1.29 bits per heavy atom. The number of hydrogen-bond acceptors (Lipinski definition) is 5. The lowest BCUT2D eigenvalue weighted by molar-refractivity contribution is 0.379. The summed E-state index contributed by atoms with van der Waals surface area (Å²) >= 11 is 9.11. The molecule has 1 heterocycles. The summed E-state index contributed by atoms with van der Waals surface area (Å²) in [6, 6.07) is 7.76. The molecular formula is C10H8BrClN4O. The molecule has 88 valence electrons. The lowest BCUT2D eigenvalue weighted by atomic mass is 10.3. The molecule has 0 aliphatic rings. The topological polar surface area (TPSA) is 59.9 Å². The SMILES string of the molecule is COc1nc(Cl)nc(Nc2cccc(Br)c2)n1. The zero-order valence-electron chi connectivity index (χ0n) is 8.82. The van der Waals surface area contributed by atoms with Crippen molar-refractivity contribution >= 4 is 39.2 Å². The summed E-state index contributed by atoms with van der Waals surface area (Å²) in [5, 5.41) is 3.08. The molecule has 0 amide bonds. The number of methoxy groups -OCH3 is 1. The molecular weight excluding hydrogens is 307 g/mol. The van der Waals surface area contributed by atoms with Crippen molar-refractivity contribution in [3.05, 3.63) is 34.0 Å². The van der Waals surface area contributed by atoms with E-state index < -0.39 is 0 Å². The van der Waals surface area contributed by atoms with Gasteiger partial charge in [-0.2, -0.15) is 15.0 Å². The molecule has 17 heavy (non-hydrogen) atoms. The van der Waals surface area contributed by atoms with E-state index in [0.717, 1.165) is 10.2 Å². The average Bonchev–Trinajstić information content (AvgIpc) is 2.28. The van der Waals surface area contributed by atoms with Crippen molar-refractivity contribution in [3.63, 3.8) is 0 Å². The quantitative estimate of drug-likeness (QED) is 0.943. The maximum Gasteiger partial charge on any atom is 0.322 e. The fraction of sp³-hybridized carbons (Fsp3) is 0.100. The van der Waals surface area contributed by atoms with Crippen molar-refractivity contribution < 1.29 is 4.74 Å². The van der Waals surface area contributed by atoms with E-state index in [2.05, 4.69) is 36.2 Å². The molecule has 1 aromatic heterocycles. The summed E-state index contributed by atoms with van der Waals surface area (Å²) < 4.78 is 5.85. The predicted octanol–water partition coefficient (Wildman–Crippen LogP) is 3.04. The van der Waals surface area contributed by atoms with Gasteiger partial charge in [-0.25, -0.2) is 0 Å². The van der Waals surface area contributed by atoms with Crippen molar-refractivity contribution in [3.8, 4) is 6.01 Å². The number of halogens is 2. The van der Waals surface area contributed by atoms with Crippen molar-refractivity contribution in [2.45, 2.75) is 0 Å². The highest BCUT2D eigenvalue weighted by Crippen LogP contribution is 2.19. The number of anilines is 2. The minimum atomic E-state index is 0.0781. The van der Waals surface area contributed by atoms with Gasteiger partial charge in [0.15, 0.2) is 0 Å². The van der Waals surface area contributed by atoms with Crippen molar-refractivity contribution in [1.82, 2.24) is 15.0 Å². The molecule has 0 atom stereocenters. The molecule has 2 aromatic rings. The van der Waals surface area contributed by atoms with E-state index in [4.69, 9.17) is 16.3 Å². The van der Waals surface area contributed by atoms with E-state index in [9.17, 15) is 0 Å². The standard InChI is InChI=1S/C10H8BrClN4O/c1-17-10-15-8(12)14-9(16-10)13-7-4-2-3-6(11)5-7/h2-5H,1H3,(H,13,14,15,16). The predicted molar refractivity (Wildman–Crippen MR) is 68.8 cm³/mol. The highest BCUT2D eigenvalue weighted by atomic mass is 79.9. The van der Waals surface area contributed by atoms with Gasteiger partial charge in [-0.1, -0.05) is 22.0 Å². The van der Waals surface area contributed by atoms with E-state index in [1.54, 1.807) is 0 Å². The van der Waals surface area contributed by atoms with Gasteiger partial charge in [0.25, 0.3) is 0 Å². The molecule has 2 rings (SSSR count). The van der Waals surface area contributed by atoms with Crippen LogP contribution in [0.25, 0.3) is 0 Å². The Balaban J connectivity index is 2.26. The van der Waals surface area contributed by atoms with Crippen molar-refractivity contribution in [1.29, 1.82) is 0 Å². The zero-order chi connectivity index (χ0) is 12.3. The number of hydrogen-bond donors (Lipinski definition) is 1. The molecule has 0 saturated carbocycles. The van der Waals surface area contributed by atoms with Gasteiger partial charge >= 0.3 is 6.01 Å². The molecule has 0 aliphatic carbocycles. The van der Waals surface area contributed by atoms with Gasteiger partial charge in [0, 0.05) is 10.2 Å². The lowest BCUT2D eigenvalue weighted by Crippen LogP contribution is -2.01. The van der Waals surface area contributed by atoms with Crippen LogP contribution in [-0.2, 0) is 0 Å². The van der Waals surface area contributed by atoms with Gasteiger partial charge in [-0.05, 0) is 29.8 Å². The number of nitrogens with one attached hydrogen (secondary N) is 1. The summed E-state index contributed by atoms with van der Waals surface area (Å²) in [6.07, 6.45) is 0. The first-order valence-corrected chi connectivity index (χ1v) is 5.82. The van der Waals surface area contributed by atoms with Crippen LogP contribution in [-0.4, -0.2) is 22.1 Å². The molecule has 0 saturated heterocycles. The van der Waals surface area contributed by atoms with E-state index in [-0.39, 0.29) is 11.3 Å². The number of nitrogens with zero attached hydrogens (tertiary/aromatic N) is 3. The molecule has 0 fully saturated rings. The number of benzene rings is 1. The van der Waals surface area contributed by atoms with Gasteiger partial charge in [0.05, 0.1) is 7.11 Å². The molecule has 0 bridgehead atoms. The summed E-state index contributed by atoms with van der Waals surface area (Å²) in [7, 11) is 1.47.